The van der Waals surface area contributed by atoms with E-state index in [2.05, 4.69) is 15.2 Å². The van der Waals surface area contributed by atoms with E-state index in [1.165, 1.54) is 13.2 Å². The molecule has 2 heterocycles. The summed E-state index contributed by atoms with van der Waals surface area (Å²) in [5.74, 6) is 0.143. The Labute approximate surface area is 145 Å². The molecule has 0 spiro atoms. The topological polar surface area (TPSA) is 97.1 Å². The number of nitrogens with two attached hydrogens (primary N) is 1. The van der Waals surface area contributed by atoms with Gasteiger partial charge in [0.2, 0.25) is 5.95 Å². The Hall–Kier alpha value is -2.48. The zero-order valence-corrected chi connectivity index (χ0v) is 14.3. The van der Waals surface area contributed by atoms with Crippen LogP contribution in [0.3, 0.4) is 0 Å². The number of nitrogens with one attached hydrogen (secondary N) is 1. The first-order valence-corrected chi connectivity index (χ1v) is 8.23. The van der Waals surface area contributed by atoms with E-state index >= 15 is 0 Å². The van der Waals surface area contributed by atoms with Crippen molar-refractivity contribution in [2.75, 3.05) is 25.9 Å². The molecule has 7 nitrogen and oxygen atoms in total. The zero-order valence-electron chi connectivity index (χ0n) is 14.3. The van der Waals surface area contributed by atoms with Crippen molar-refractivity contribution in [1.29, 1.82) is 0 Å². The molecule has 1 amide bonds. The smallest absolute Gasteiger partial charge is 0.259 e. The number of carbonyl (C=O) groups is 1. The molecule has 1 aromatic carbocycles. The first-order chi connectivity index (χ1) is 12.0. The SMILES string of the molecule is CO[C@@](C)(C(=O)N1CCC[C@@H](c2nc(N)n[nH]2)C1)c1ccccc1F. The van der Waals surface area contributed by atoms with E-state index in [1.807, 2.05) is 0 Å². The summed E-state index contributed by atoms with van der Waals surface area (Å²) >= 11 is 0. The van der Waals surface area contributed by atoms with Crippen molar-refractivity contribution in [3.8, 4) is 0 Å². The van der Waals surface area contributed by atoms with E-state index in [-0.39, 0.29) is 23.3 Å². The molecule has 1 saturated heterocycles. The average molecular weight is 347 g/mol. The van der Waals surface area contributed by atoms with Gasteiger partial charge in [-0.1, -0.05) is 18.2 Å². The maximum absolute atomic E-state index is 14.3. The molecule has 3 N–H and O–H groups in total. The van der Waals surface area contributed by atoms with Gasteiger partial charge in [0, 0.05) is 31.7 Å². The maximum Gasteiger partial charge on any atom is 0.259 e. The lowest BCUT2D eigenvalue weighted by Gasteiger charge is -2.38. The molecule has 2 atom stereocenters. The van der Waals surface area contributed by atoms with Crippen molar-refractivity contribution in [2.45, 2.75) is 31.3 Å². The molecule has 25 heavy (non-hydrogen) atoms. The summed E-state index contributed by atoms with van der Waals surface area (Å²) in [7, 11) is 1.42. The molecular formula is C17H22FN5O2. The van der Waals surface area contributed by atoms with Gasteiger partial charge in [-0.2, -0.15) is 4.98 Å². The first-order valence-electron chi connectivity index (χ1n) is 8.23. The Morgan fingerprint density at radius 2 is 2.24 bits per heavy atom. The number of hydrogen-bond acceptors (Lipinski definition) is 5. The summed E-state index contributed by atoms with van der Waals surface area (Å²) < 4.78 is 19.7. The van der Waals surface area contributed by atoms with Gasteiger partial charge in [0.25, 0.3) is 5.91 Å². The van der Waals surface area contributed by atoms with E-state index in [1.54, 1.807) is 30.0 Å². The van der Waals surface area contributed by atoms with Gasteiger partial charge >= 0.3 is 0 Å². The highest BCUT2D eigenvalue weighted by Gasteiger charge is 2.42. The Morgan fingerprint density at radius 3 is 2.88 bits per heavy atom. The van der Waals surface area contributed by atoms with Gasteiger partial charge in [-0.25, -0.2) is 4.39 Å². The van der Waals surface area contributed by atoms with Gasteiger partial charge in [0.15, 0.2) is 5.60 Å². The number of carbonyl (C=O) groups excluding carboxylic acids is 1. The molecule has 3 rings (SSSR count). The number of methoxy groups -OCH3 is 1. The number of ether oxygens (including phenoxy) is 1. The number of aromatic nitrogens is 3. The zero-order chi connectivity index (χ0) is 18.0. The fourth-order valence-electron chi connectivity index (χ4n) is 3.32. The van der Waals surface area contributed by atoms with E-state index in [4.69, 9.17) is 10.5 Å². The second-order valence-electron chi connectivity index (χ2n) is 6.39. The summed E-state index contributed by atoms with van der Waals surface area (Å²) in [5.41, 5.74) is 4.42. The predicted molar refractivity (Wildman–Crippen MR) is 90.1 cm³/mol. The minimum Gasteiger partial charge on any atom is -0.367 e. The molecule has 0 saturated carbocycles. The van der Waals surface area contributed by atoms with E-state index in [0.29, 0.717) is 18.9 Å². The van der Waals surface area contributed by atoms with Crippen molar-refractivity contribution < 1.29 is 13.9 Å². The highest BCUT2D eigenvalue weighted by Crippen LogP contribution is 2.32. The van der Waals surface area contributed by atoms with E-state index < -0.39 is 11.4 Å². The second kappa shape index (κ2) is 6.79. The maximum atomic E-state index is 14.3. The Bertz CT molecular complexity index is 765. The standard InChI is InChI=1S/C17H22FN5O2/c1-17(25-2,12-7-3-4-8-13(12)18)15(24)23-9-5-6-11(10-23)14-20-16(19)22-21-14/h3-4,7-8,11H,5-6,9-10H2,1-2H3,(H3,19,20,21,22)/t11-,17-/m1/s1. The van der Waals surface area contributed by atoms with Gasteiger partial charge < -0.3 is 15.4 Å². The summed E-state index contributed by atoms with van der Waals surface area (Å²) in [4.78, 5) is 19.0. The van der Waals surface area contributed by atoms with Gasteiger partial charge in [-0.05, 0) is 25.8 Å². The first kappa shape index (κ1) is 17.3. The molecule has 134 valence electrons. The molecule has 0 unspecified atom stereocenters. The minimum absolute atomic E-state index is 0.0178. The van der Waals surface area contributed by atoms with Crippen molar-refractivity contribution >= 4 is 11.9 Å². The van der Waals surface area contributed by atoms with Crippen molar-refractivity contribution in [3.05, 3.63) is 41.5 Å². The normalized spacial score (nSPS) is 20.3. The number of rotatable bonds is 4. The number of nitrogen functional groups attached to an aromatic ring is 1. The molecule has 1 aromatic heterocycles. The minimum atomic E-state index is -1.38. The number of amides is 1. The van der Waals surface area contributed by atoms with Gasteiger partial charge in [0.1, 0.15) is 11.6 Å². The average Bonchev–Trinajstić information content (AvgIpc) is 3.07. The van der Waals surface area contributed by atoms with Crippen LogP contribution >= 0.6 is 0 Å². The second-order valence-corrected chi connectivity index (χ2v) is 6.39. The quantitative estimate of drug-likeness (QED) is 0.879. The Morgan fingerprint density at radius 1 is 1.48 bits per heavy atom. The number of hydrogen-bond donors (Lipinski definition) is 2. The third kappa shape index (κ3) is 3.21. The van der Waals surface area contributed by atoms with Crippen LogP contribution in [-0.2, 0) is 15.1 Å². The number of halogens is 1. The molecule has 0 radical (unpaired) electrons. The van der Waals surface area contributed by atoms with Crippen molar-refractivity contribution in [3.63, 3.8) is 0 Å². The monoisotopic (exact) mass is 347 g/mol. The molecule has 2 aromatic rings. The van der Waals surface area contributed by atoms with Gasteiger partial charge in [-0.3, -0.25) is 9.89 Å². The van der Waals surface area contributed by atoms with E-state index in [0.717, 1.165) is 12.8 Å². The van der Waals surface area contributed by atoms with Crippen LogP contribution in [0.15, 0.2) is 24.3 Å². The van der Waals surface area contributed by atoms with Gasteiger partial charge in [-0.15, -0.1) is 5.10 Å². The lowest BCUT2D eigenvalue weighted by Crippen LogP contribution is -2.50. The van der Waals surface area contributed by atoms with Crippen LogP contribution in [-0.4, -0.2) is 46.2 Å². The van der Waals surface area contributed by atoms with Crippen LogP contribution in [0.2, 0.25) is 0 Å². The van der Waals surface area contributed by atoms with E-state index in [9.17, 15) is 9.18 Å². The Kier molecular flexibility index (Phi) is 4.71. The van der Waals surface area contributed by atoms with Crippen molar-refractivity contribution in [1.82, 2.24) is 20.1 Å². The highest BCUT2D eigenvalue weighted by molar-refractivity contribution is 5.86. The number of nitrogens with zero attached hydrogens (tertiary/aromatic N) is 3. The number of H-pyrrole nitrogens is 1. The predicted octanol–water partition coefficient (Wildman–Crippen LogP) is 1.79. The van der Waals surface area contributed by atoms with Crippen LogP contribution in [0.25, 0.3) is 0 Å². The number of piperidine rings is 1. The number of aromatic amines is 1. The number of anilines is 1. The summed E-state index contributed by atoms with van der Waals surface area (Å²) in [6.45, 7) is 2.65. The van der Waals surface area contributed by atoms with Gasteiger partial charge in [0.05, 0.1) is 0 Å². The molecule has 1 aliphatic heterocycles. The number of likely N-dealkylation sites (tertiary alicyclic amines) is 1. The lowest BCUT2D eigenvalue weighted by atomic mass is 9.90. The van der Waals surface area contributed by atoms with Crippen LogP contribution < -0.4 is 5.73 Å². The highest BCUT2D eigenvalue weighted by atomic mass is 19.1. The third-order valence-electron chi connectivity index (χ3n) is 4.82. The van der Waals surface area contributed by atoms with Crippen LogP contribution in [0.4, 0.5) is 10.3 Å². The lowest BCUT2D eigenvalue weighted by molar-refractivity contribution is -0.156. The molecule has 0 bridgehead atoms. The fraction of sp³-hybridized carbons (Fsp3) is 0.471. The molecular weight excluding hydrogens is 325 g/mol. The van der Waals surface area contributed by atoms with Crippen LogP contribution in [0.5, 0.6) is 0 Å². The molecule has 0 aliphatic carbocycles. The molecule has 1 aliphatic rings. The number of benzene rings is 1. The summed E-state index contributed by atoms with van der Waals surface area (Å²) in [6, 6.07) is 6.19. The Balaban J connectivity index is 1.84. The largest absolute Gasteiger partial charge is 0.367 e. The van der Waals surface area contributed by atoms with Crippen molar-refractivity contribution in [2.24, 2.45) is 0 Å². The molecule has 8 heteroatoms. The summed E-state index contributed by atoms with van der Waals surface area (Å²) in [5, 5.41) is 6.66. The third-order valence-corrected chi connectivity index (χ3v) is 4.82. The summed E-state index contributed by atoms with van der Waals surface area (Å²) in [6.07, 6.45) is 1.69. The van der Waals surface area contributed by atoms with Crippen LogP contribution in [0, 0.1) is 5.82 Å². The fourth-order valence-corrected chi connectivity index (χ4v) is 3.32. The molecule has 1 fully saturated rings. The van der Waals surface area contributed by atoms with Crippen LogP contribution in [0.1, 0.15) is 37.1 Å².